The average Bonchev–Trinajstić information content (AvgIpc) is 2.86. The summed E-state index contributed by atoms with van der Waals surface area (Å²) in [5.41, 5.74) is 3.56. The van der Waals surface area contributed by atoms with E-state index < -0.39 is 0 Å². The number of rotatable bonds is 2. The lowest BCUT2D eigenvalue weighted by Gasteiger charge is -2.30. The molecule has 0 aliphatic carbocycles. The van der Waals surface area contributed by atoms with Crippen molar-refractivity contribution in [2.24, 2.45) is 5.92 Å². The van der Waals surface area contributed by atoms with Crippen LogP contribution in [0.25, 0.3) is 5.65 Å². The van der Waals surface area contributed by atoms with E-state index in [4.69, 9.17) is 0 Å². The van der Waals surface area contributed by atoms with E-state index in [1.54, 1.807) is 0 Å². The van der Waals surface area contributed by atoms with Crippen LogP contribution in [0.3, 0.4) is 0 Å². The van der Waals surface area contributed by atoms with Crippen molar-refractivity contribution < 1.29 is 4.79 Å². The summed E-state index contributed by atoms with van der Waals surface area (Å²) in [5.74, 6) is 0.835. The number of likely N-dealkylation sites (tertiary alicyclic amines) is 1. The number of fused-ring (bicyclic) bond motifs is 1. The molecular formula is C17H22BrN3O. The fraction of sp³-hybridized carbons (Fsp3) is 0.529. The predicted molar refractivity (Wildman–Crippen MR) is 91.3 cm³/mol. The predicted octanol–water partition coefficient (Wildman–Crippen LogP) is 3.84. The second-order valence-electron chi connectivity index (χ2n) is 6.29. The topological polar surface area (TPSA) is 37.6 Å². The number of halogens is 1. The van der Waals surface area contributed by atoms with Gasteiger partial charge in [-0.15, -0.1) is 0 Å². The number of piperidine rings is 1. The molecule has 1 saturated heterocycles. The van der Waals surface area contributed by atoms with E-state index in [1.807, 2.05) is 28.5 Å². The highest BCUT2D eigenvalue weighted by Gasteiger charge is 2.27. The third kappa shape index (κ3) is 2.67. The Morgan fingerprint density at radius 2 is 2.09 bits per heavy atom. The minimum Gasteiger partial charge on any atom is -0.337 e. The molecule has 0 atom stereocenters. The number of carbonyl (C=O) groups is 1. The number of aryl methyl sites for hydroxylation is 2. The van der Waals surface area contributed by atoms with E-state index in [1.165, 1.54) is 0 Å². The van der Waals surface area contributed by atoms with Crippen molar-refractivity contribution in [2.45, 2.75) is 40.0 Å². The number of pyridine rings is 1. The molecule has 0 bridgehead atoms. The maximum Gasteiger partial charge on any atom is 0.272 e. The standard InChI is InChI=1S/C17H22BrN3O/c1-4-14-15(17(22)20-7-5-11(2)6-8-20)21-10-12(3)9-13(18)16(21)19-14/h9-11H,4-8H2,1-3H3. The van der Waals surface area contributed by atoms with Gasteiger partial charge < -0.3 is 4.90 Å². The second kappa shape index (κ2) is 6.03. The number of nitrogens with zero attached hydrogens (tertiary/aromatic N) is 3. The Bertz CT molecular complexity index is 714. The number of amides is 1. The maximum atomic E-state index is 13.0. The van der Waals surface area contributed by atoms with Crippen molar-refractivity contribution in [3.63, 3.8) is 0 Å². The molecule has 3 heterocycles. The van der Waals surface area contributed by atoms with Crippen LogP contribution >= 0.6 is 15.9 Å². The van der Waals surface area contributed by atoms with Gasteiger partial charge >= 0.3 is 0 Å². The summed E-state index contributed by atoms with van der Waals surface area (Å²) in [6.45, 7) is 8.05. The maximum absolute atomic E-state index is 13.0. The molecule has 2 aromatic rings. The van der Waals surface area contributed by atoms with Gasteiger partial charge in [-0.2, -0.15) is 0 Å². The van der Waals surface area contributed by atoms with Crippen LogP contribution in [0.1, 0.15) is 48.4 Å². The highest BCUT2D eigenvalue weighted by molar-refractivity contribution is 9.10. The second-order valence-corrected chi connectivity index (χ2v) is 7.15. The van der Waals surface area contributed by atoms with Crippen LogP contribution in [-0.2, 0) is 6.42 Å². The monoisotopic (exact) mass is 363 g/mol. The molecule has 0 unspecified atom stereocenters. The van der Waals surface area contributed by atoms with Crippen molar-refractivity contribution in [1.29, 1.82) is 0 Å². The Labute approximate surface area is 139 Å². The van der Waals surface area contributed by atoms with Crippen molar-refractivity contribution >= 4 is 27.5 Å². The summed E-state index contributed by atoms with van der Waals surface area (Å²) in [4.78, 5) is 19.7. The molecule has 3 rings (SSSR count). The van der Waals surface area contributed by atoms with E-state index in [0.717, 1.165) is 59.4 Å². The van der Waals surface area contributed by atoms with Gasteiger partial charge in [0.2, 0.25) is 0 Å². The van der Waals surface area contributed by atoms with E-state index >= 15 is 0 Å². The van der Waals surface area contributed by atoms with Crippen molar-refractivity contribution in [2.75, 3.05) is 13.1 Å². The molecular weight excluding hydrogens is 342 g/mol. The van der Waals surface area contributed by atoms with Crippen molar-refractivity contribution in [3.8, 4) is 0 Å². The van der Waals surface area contributed by atoms with Gasteiger partial charge in [0.1, 0.15) is 5.69 Å². The molecule has 1 fully saturated rings. The zero-order valence-corrected chi connectivity index (χ0v) is 15.0. The Morgan fingerprint density at radius 1 is 1.41 bits per heavy atom. The molecule has 5 heteroatoms. The van der Waals surface area contributed by atoms with Crippen LogP contribution in [-0.4, -0.2) is 33.3 Å². The van der Waals surface area contributed by atoms with E-state index in [-0.39, 0.29) is 5.91 Å². The van der Waals surface area contributed by atoms with Crippen LogP contribution in [0.4, 0.5) is 0 Å². The number of aromatic nitrogens is 2. The lowest BCUT2D eigenvalue weighted by Crippen LogP contribution is -2.38. The summed E-state index contributed by atoms with van der Waals surface area (Å²) >= 11 is 3.57. The van der Waals surface area contributed by atoms with E-state index in [2.05, 4.69) is 34.8 Å². The number of carbonyl (C=O) groups excluding carboxylic acids is 1. The van der Waals surface area contributed by atoms with Crippen molar-refractivity contribution in [3.05, 3.63) is 33.7 Å². The average molecular weight is 364 g/mol. The lowest BCUT2D eigenvalue weighted by molar-refractivity contribution is 0.0689. The fourth-order valence-corrected chi connectivity index (χ4v) is 3.75. The first-order valence-electron chi connectivity index (χ1n) is 7.97. The summed E-state index contributed by atoms with van der Waals surface area (Å²) in [6, 6.07) is 2.04. The smallest absolute Gasteiger partial charge is 0.272 e. The summed E-state index contributed by atoms with van der Waals surface area (Å²) in [5, 5.41) is 0. The van der Waals surface area contributed by atoms with Gasteiger partial charge in [0.05, 0.1) is 10.2 Å². The molecule has 0 saturated carbocycles. The van der Waals surface area contributed by atoms with Gasteiger partial charge in [0.25, 0.3) is 5.91 Å². The van der Waals surface area contributed by atoms with E-state index in [0.29, 0.717) is 5.92 Å². The third-order valence-corrected chi connectivity index (χ3v) is 5.08. The largest absolute Gasteiger partial charge is 0.337 e. The Hall–Kier alpha value is -1.36. The zero-order chi connectivity index (χ0) is 15.9. The van der Waals surface area contributed by atoms with Gasteiger partial charge in [-0.05, 0) is 59.7 Å². The highest BCUT2D eigenvalue weighted by Crippen LogP contribution is 2.25. The van der Waals surface area contributed by atoms with Gasteiger partial charge in [0.15, 0.2) is 5.65 Å². The molecule has 4 nitrogen and oxygen atoms in total. The van der Waals surface area contributed by atoms with Crippen LogP contribution in [0.15, 0.2) is 16.7 Å². The van der Waals surface area contributed by atoms with Gasteiger partial charge in [0, 0.05) is 19.3 Å². The summed E-state index contributed by atoms with van der Waals surface area (Å²) < 4.78 is 2.90. The minimum absolute atomic E-state index is 0.119. The molecule has 2 aromatic heterocycles. The van der Waals surface area contributed by atoms with Gasteiger partial charge in [-0.1, -0.05) is 13.8 Å². The first kappa shape index (κ1) is 15.5. The molecule has 1 amide bonds. The molecule has 0 N–H and O–H groups in total. The molecule has 1 aliphatic heterocycles. The lowest BCUT2D eigenvalue weighted by atomic mass is 9.99. The molecule has 0 spiro atoms. The zero-order valence-electron chi connectivity index (χ0n) is 13.4. The molecule has 1 aliphatic rings. The SMILES string of the molecule is CCc1nc2c(Br)cc(C)cn2c1C(=O)N1CCC(C)CC1. The first-order valence-corrected chi connectivity index (χ1v) is 8.77. The van der Waals surface area contributed by atoms with Gasteiger partial charge in [-0.3, -0.25) is 9.20 Å². The van der Waals surface area contributed by atoms with Crippen LogP contribution in [0.2, 0.25) is 0 Å². The molecule has 22 heavy (non-hydrogen) atoms. The molecule has 118 valence electrons. The first-order chi connectivity index (χ1) is 10.5. The Kier molecular flexibility index (Phi) is 4.26. The van der Waals surface area contributed by atoms with Crippen LogP contribution < -0.4 is 0 Å². The van der Waals surface area contributed by atoms with Crippen molar-refractivity contribution in [1.82, 2.24) is 14.3 Å². The summed E-state index contributed by atoms with van der Waals surface area (Å²) in [7, 11) is 0. The normalized spacial score (nSPS) is 16.5. The Balaban J connectivity index is 2.07. The quantitative estimate of drug-likeness (QED) is 0.812. The van der Waals surface area contributed by atoms with E-state index in [9.17, 15) is 4.79 Å². The highest BCUT2D eigenvalue weighted by atomic mass is 79.9. The van der Waals surface area contributed by atoms with Crippen LogP contribution in [0.5, 0.6) is 0 Å². The Morgan fingerprint density at radius 3 is 2.73 bits per heavy atom. The molecule has 0 radical (unpaired) electrons. The number of hydrogen-bond donors (Lipinski definition) is 0. The minimum atomic E-state index is 0.119. The fourth-order valence-electron chi connectivity index (χ4n) is 3.11. The summed E-state index contributed by atoms with van der Waals surface area (Å²) in [6.07, 6.45) is 4.95. The number of hydrogen-bond acceptors (Lipinski definition) is 2. The molecule has 0 aromatic carbocycles. The third-order valence-electron chi connectivity index (χ3n) is 4.49. The number of imidazole rings is 1. The van der Waals surface area contributed by atoms with Gasteiger partial charge in [-0.25, -0.2) is 4.98 Å². The van der Waals surface area contributed by atoms with Crippen LogP contribution in [0, 0.1) is 12.8 Å².